The largest absolute Gasteiger partial charge is 0.392 e. The molecule has 0 aromatic carbocycles. The van der Waals surface area contributed by atoms with Crippen LogP contribution in [0.5, 0.6) is 0 Å². The minimum atomic E-state index is -0.538. The molecule has 5 nitrogen and oxygen atoms in total. The van der Waals surface area contributed by atoms with Crippen molar-refractivity contribution in [2.24, 2.45) is 0 Å². The standard InChI is InChI=1S/C9H16N2O3/c1-8(12)14-9(13)7-11-5-3-10(2)4-6-11/h3-7H2,1-2H3. The van der Waals surface area contributed by atoms with Crippen molar-refractivity contribution in [1.29, 1.82) is 0 Å². The molecule has 0 radical (unpaired) electrons. The average Bonchev–Trinajstić information content (AvgIpc) is 2.07. The van der Waals surface area contributed by atoms with E-state index in [0.717, 1.165) is 26.2 Å². The highest BCUT2D eigenvalue weighted by Gasteiger charge is 2.17. The van der Waals surface area contributed by atoms with Crippen LogP contribution in [0, 0.1) is 0 Å². The van der Waals surface area contributed by atoms with Gasteiger partial charge < -0.3 is 9.64 Å². The fourth-order valence-electron chi connectivity index (χ4n) is 1.38. The molecule has 0 atom stereocenters. The summed E-state index contributed by atoms with van der Waals surface area (Å²) in [6.07, 6.45) is 0. The molecule has 80 valence electrons. The van der Waals surface area contributed by atoms with E-state index in [-0.39, 0.29) is 6.54 Å². The summed E-state index contributed by atoms with van der Waals surface area (Å²) in [5, 5.41) is 0. The molecule has 0 aromatic heterocycles. The highest BCUT2D eigenvalue weighted by molar-refractivity contribution is 5.85. The average molecular weight is 200 g/mol. The zero-order chi connectivity index (χ0) is 10.6. The molecule has 0 amide bonds. The molecule has 0 unspecified atom stereocenters. The molecule has 0 spiro atoms. The Labute approximate surface area is 83.6 Å². The van der Waals surface area contributed by atoms with E-state index in [1.165, 1.54) is 6.92 Å². The molecule has 0 N–H and O–H groups in total. The summed E-state index contributed by atoms with van der Waals surface area (Å²) in [5.74, 6) is -0.994. The summed E-state index contributed by atoms with van der Waals surface area (Å²) in [6, 6.07) is 0. The first kappa shape index (κ1) is 11.1. The van der Waals surface area contributed by atoms with Gasteiger partial charge in [-0.05, 0) is 7.05 Å². The van der Waals surface area contributed by atoms with Gasteiger partial charge in [0.2, 0.25) is 0 Å². The van der Waals surface area contributed by atoms with Crippen molar-refractivity contribution in [2.45, 2.75) is 6.92 Å². The second kappa shape index (κ2) is 5.07. The van der Waals surface area contributed by atoms with Gasteiger partial charge in [-0.15, -0.1) is 0 Å². The van der Waals surface area contributed by atoms with Crippen LogP contribution in [0.25, 0.3) is 0 Å². The maximum Gasteiger partial charge on any atom is 0.327 e. The van der Waals surface area contributed by atoms with Crippen molar-refractivity contribution < 1.29 is 14.3 Å². The third-order valence-electron chi connectivity index (χ3n) is 2.21. The number of rotatable bonds is 2. The summed E-state index contributed by atoms with van der Waals surface area (Å²) in [7, 11) is 2.05. The quantitative estimate of drug-likeness (QED) is 0.437. The van der Waals surface area contributed by atoms with Crippen molar-refractivity contribution >= 4 is 11.9 Å². The van der Waals surface area contributed by atoms with Gasteiger partial charge in [0.1, 0.15) is 0 Å². The first-order chi connectivity index (χ1) is 6.58. The molecule has 0 saturated carbocycles. The smallest absolute Gasteiger partial charge is 0.327 e. The van der Waals surface area contributed by atoms with Gasteiger partial charge in [-0.3, -0.25) is 14.5 Å². The molecule has 0 bridgehead atoms. The topological polar surface area (TPSA) is 49.9 Å². The van der Waals surface area contributed by atoms with Crippen molar-refractivity contribution in [3.05, 3.63) is 0 Å². The van der Waals surface area contributed by atoms with Gasteiger partial charge in [-0.2, -0.15) is 0 Å². The zero-order valence-electron chi connectivity index (χ0n) is 8.65. The molecule has 5 heteroatoms. The molecular weight excluding hydrogens is 184 g/mol. The fraction of sp³-hybridized carbons (Fsp3) is 0.778. The van der Waals surface area contributed by atoms with Crippen LogP contribution in [0.3, 0.4) is 0 Å². The van der Waals surface area contributed by atoms with E-state index in [2.05, 4.69) is 9.64 Å². The lowest BCUT2D eigenvalue weighted by atomic mass is 10.3. The number of ether oxygens (including phenoxy) is 1. The summed E-state index contributed by atoms with van der Waals surface area (Å²) in [6.45, 7) is 5.06. The van der Waals surface area contributed by atoms with E-state index in [4.69, 9.17) is 0 Å². The zero-order valence-corrected chi connectivity index (χ0v) is 8.65. The second-order valence-corrected chi connectivity index (χ2v) is 3.55. The number of esters is 2. The Morgan fingerprint density at radius 2 is 1.79 bits per heavy atom. The molecule has 1 aliphatic rings. The van der Waals surface area contributed by atoms with E-state index < -0.39 is 11.9 Å². The van der Waals surface area contributed by atoms with Gasteiger partial charge in [0.05, 0.1) is 6.54 Å². The fourth-order valence-corrected chi connectivity index (χ4v) is 1.38. The minimum absolute atomic E-state index is 0.216. The monoisotopic (exact) mass is 200 g/mol. The van der Waals surface area contributed by atoms with Gasteiger partial charge >= 0.3 is 11.9 Å². The molecule has 1 rings (SSSR count). The van der Waals surface area contributed by atoms with Gasteiger partial charge in [0.15, 0.2) is 0 Å². The number of likely N-dealkylation sites (N-methyl/N-ethyl adjacent to an activating group) is 1. The van der Waals surface area contributed by atoms with E-state index in [9.17, 15) is 9.59 Å². The van der Waals surface area contributed by atoms with Gasteiger partial charge in [-0.1, -0.05) is 0 Å². The molecule has 14 heavy (non-hydrogen) atoms. The number of carbonyl (C=O) groups excluding carboxylic acids is 2. The van der Waals surface area contributed by atoms with Crippen LogP contribution in [-0.2, 0) is 14.3 Å². The minimum Gasteiger partial charge on any atom is -0.392 e. The van der Waals surface area contributed by atoms with E-state index in [1.54, 1.807) is 0 Å². The highest BCUT2D eigenvalue weighted by atomic mass is 16.6. The second-order valence-electron chi connectivity index (χ2n) is 3.55. The van der Waals surface area contributed by atoms with E-state index in [1.807, 2.05) is 11.9 Å². The van der Waals surface area contributed by atoms with Crippen LogP contribution in [0.2, 0.25) is 0 Å². The van der Waals surface area contributed by atoms with Gasteiger partial charge in [-0.25, -0.2) is 0 Å². The van der Waals surface area contributed by atoms with Crippen LogP contribution in [0.15, 0.2) is 0 Å². The predicted octanol–water partition coefficient (Wildman–Crippen LogP) is -0.676. The SMILES string of the molecule is CC(=O)OC(=O)CN1CCN(C)CC1. The van der Waals surface area contributed by atoms with Gasteiger partial charge in [0, 0.05) is 33.1 Å². The number of hydrogen-bond donors (Lipinski definition) is 0. The first-order valence-electron chi connectivity index (χ1n) is 4.70. The lowest BCUT2D eigenvalue weighted by Gasteiger charge is -2.31. The normalized spacial score (nSPS) is 19.3. The molecule has 1 saturated heterocycles. The Bertz CT molecular complexity index is 222. The molecule has 0 aliphatic carbocycles. The van der Waals surface area contributed by atoms with Crippen molar-refractivity contribution in [2.75, 3.05) is 39.8 Å². The molecule has 1 heterocycles. The Kier molecular flexibility index (Phi) is 4.03. The Morgan fingerprint density at radius 1 is 1.21 bits per heavy atom. The van der Waals surface area contributed by atoms with Gasteiger partial charge in [0.25, 0.3) is 0 Å². The number of hydrogen-bond acceptors (Lipinski definition) is 5. The van der Waals surface area contributed by atoms with Crippen molar-refractivity contribution in [3.63, 3.8) is 0 Å². The van der Waals surface area contributed by atoms with Crippen molar-refractivity contribution in [1.82, 2.24) is 9.80 Å². The van der Waals surface area contributed by atoms with Crippen LogP contribution in [-0.4, -0.2) is 61.5 Å². The summed E-state index contributed by atoms with van der Waals surface area (Å²) in [5.41, 5.74) is 0. The number of carbonyl (C=O) groups is 2. The Hall–Kier alpha value is -0.940. The summed E-state index contributed by atoms with van der Waals surface area (Å²) < 4.78 is 4.45. The maximum absolute atomic E-state index is 11.1. The molecule has 1 aliphatic heterocycles. The Morgan fingerprint density at radius 3 is 2.29 bits per heavy atom. The van der Waals surface area contributed by atoms with Crippen LogP contribution >= 0.6 is 0 Å². The van der Waals surface area contributed by atoms with Crippen molar-refractivity contribution in [3.8, 4) is 0 Å². The summed E-state index contributed by atoms with van der Waals surface area (Å²) in [4.78, 5) is 25.8. The molecule has 0 aromatic rings. The van der Waals surface area contributed by atoms with Crippen LogP contribution in [0.4, 0.5) is 0 Å². The predicted molar refractivity (Wildman–Crippen MR) is 50.7 cm³/mol. The third-order valence-corrected chi connectivity index (χ3v) is 2.21. The first-order valence-corrected chi connectivity index (χ1v) is 4.70. The third kappa shape index (κ3) is 3.85. The lowest BCUT2D eigenvalue weighted by Crippen LogP contribution is -2.46. The molecular formula is C9H16N2O3. The molecule has 1 fully saturated rings. The number of piperazine rings is 1. The summed E-state index contributed by atoms with van der Waals surface area (Å²) >= 11 is 0. The lowest BCUT2D eigenvalue weighted by molar-refractivity contribution is -0.159. The number of nitrogens with zero attached hydrogens (tertiary/aromatic N) is 2. The maximum atomic E-state index is 11.1. The van der Waals surface area contributed by atoms with Crippen LogP contribution < -0.4 is 0 Å². The van der Waals surface area contributed by atoms with Crippen LogP contribution in [0.1, 0.15) is 6.92 Å². The van der Waals surface area contributed by atoms with E-state index in [0.29, 0.717) is 0 Å². The highest BCUT2D eigenvalue weighted by Crippen LogP contribution is 1.98. The Balaban J connectivity index is 2.24. The van der Waals surface area contributed by atoms with E-state index >= 15 is 0 Å².